The average Bonchev–Trinajstić information content (AvgIpc) is 2.20. The number of nitrogens with one attached hydrogen (secondary N) is 2. The van der Waals surface area contributed by atoms with Gasteiger partial charge in [-0.25, -0.2) is 4.79 Å². The lowest BCUT2D eigenvalue weighted by Gasteiger charge is -2.24. The Morgan fingerprint density at radius 2 is 2.00 bits per heavy atom. The number of hydrogen-bond donors (Lipinski definition) is 3. The fraction of sp³-hybridized carbons (Fsp3) is 0.385. The number of halogens is 1. The van der Waals surface area contributed by atoms with Crippen molar-refractivity contribution in [3.8, 4) is 0 Å². The molecule has 0 fully saturated rings. The van der Waals surface area contributed by atoms with Crippen LogP contribution in [0.15, 0.2) is 18.2 Å². The molecule has 0 heterocycles. The summed E-state index contributed by atoms with van der Waals surface area (Å²) in [7, 11) is 0. The molecule has 0 saturated carbocycles. The molecule has 104 valence electrons. The zero-order valence-electron chi connectivity index (χ0n) is 11.1. The third kappa shape index (κ3) is 5.18. The fourth-order valence-corrected chi connectivity index (χ4v) is 1.74. The summed E-state index contributed by atoms with van der Waals surface area (Å²) in [6.07, 6.45) is -0.158. The normalized spacial score (nSPS) is 10.9. The van der Waals surface area contributed by atoms with Gasteiger partial charge >= 0.3 is 12.0 Å². The zero-order chi connectivity index (χ0) is 14.6. The average molecular weight is 285 g/mol. The predicted molar refractivity (Wildman–Crippen MR) is 74.7 cm³/mol. The van der Waals surface area contributed by atoms with Gasteiger partial charge in [-0.2, -0.15) is 0 Å². The van der Waals surface area contributed by atoms with Gasteiger partial charge in [0.2, 0.25) is 0 Å². The molecule has 0 aliphatic heterocycles. The number of benzene rings is 1. The minimum atomic E-state index is -0.969. The molecule has 0 saturated heterocycles. The van der Waals surface area contributed by atoms with E-state index >= 15 is 0 Å². The lowest BCUT2D eigenvalue weighted by atomic mass is 10.0. The van der Waals surface area contributed by atoms with E-state index in [9.17, 15) is 9.59 Å². The van der Waals surface area contributed by atoms with Gasteiger partial charge in [-0.05, 0) is 38.5 Å². The summed E-state index contributed by atoms with van der Waals surface area (Å²) in [5.41, 5.74) is 0.641. The summed E-state index contributed by atoms with van der Waals surface area (Å²) in [6.45, 7) is 5.15. The fourth-order valence-electron chi connectivity index (χ4n) is 1.56. The molecule has 1 rings (SSSR count). The first-order valence-corrected chi connectivity index (χ1v) is 6.14. The van der Waals surface area contributed by atoms with Crippen molar-refractivity contribution in [2.75, 3.05) is 5.32 Å². The van der Waals surface area contributed by atoms with Crippen LogP contribution in [-0.2, 0) is 4.79 Å². The molecule has 0 spiro atoms. The number of amides is 2. The van der Waals surface area contributed by atoms with Gasteiger partial charge in [-0.3, -0.25) is 4.79 Å². The highest BCUT2D eigenvalue weighted by atomic mass is 35.5. The summed E-state index contributed by atoms with van der Waals surface area (Å²) in [5.74, 6) is -0.969. The summed E-state index contributed by atoms with van der Waals surface area (Å²) in [4.78, 5) is 22.4. The molecule has 3 N–H and O–H groups in total. The molecule has 0 aromatic heterocycles. The van der Waals surface area contributed by atoms with E-state index < -0.39 is 17.5 Å². The van der Waals surface area contributed by atoms with Crippen LogP contribution in [0.25, 0.3) is 0 Å². The molecule has 0 aliphatic rings. The van der Waals surface area contributed by atoms with Crippen LogP contribution in [0.5, 0.6) is 0 Å². The SMILES string of the molecule is Cc1ccc(NC(=O)NC(C)(C)CC(=O)O)cc1Cl. The van der Waals surface area contributed by atoms with Gasteiger partial charge in [0.25, 0.3) is 0 Å². The molecule has 5 nitrogen and oxygen atoms in total. The number of carboxylic acids is 1. The maximum atomic E-state index is 11.7. The second kappa shape index (κ2) is 5.93. The van der Waals surface area contributed by atoms with Crippen molar-refractivity contribution in [3.05, 3.63) is 28.8 Å². The molecular weight excluding hydrogens is 268 g/mol. The molecule has 0 atom stereocenters. The molecule has 0 bridgehead atoms. The first-order chi connectivity index (χ1) is 8.69. The molecule has 0 radical (unpaired) electrons. The minimum Gasteiger partial charge on any atom is -0.481 e. The van der Waals surface area contributed by atoms with Crippen LogP contribution in [0.4, 0.5) is 10.5 Å². The smallest absolute Gasteiger partial charge is 0.319 e. The number of rotatable bonds is 4. The third-order valence-corrected chi connectivity index (χ3v) is 2.88. The summed E-state index contributed by atoms with van der Waals surface area (Å²) in [5, 5.41) is 14.5. The van der Waals surface area contributed by atoms with E-state index in [0.29, 0.717) is 10.7 Å². The first-order valence-electron chi connectivity index (χ1n) is 5.77. The summed E-state index contributed by atoms with van der Waals surface area (Å²) >= 11 is 5.95. The molecular formula is C13H17ClN2O3. The standard InChI is InChI=1S/C13H17ClN2O3/c1-8-4-5-9(6-10(8)14)15-12(19)16-13(2,3)7-11(17)18/h4-6H,7H2,1-3H3,(H,17,18)(H2,15,16,19). The minimum absolute atomic E-state index is 0.158. The van der Waals surface area contributed by atoms with Gasteiger partial charge in [0.05, 0.1) is 6.42 Å². The zero-order valence-corrected chi connectivity index (χ0v) is 11.8. The number of aliphatic carboxylic acids is 1. The Bertz CT molecular complexity index is 501. The number of carbonyl (C=O) groups is 2. The number of carboxylic acid groups (broad SMARTS) is 1. The molecule has 0 unspecified atom stereocenters. The maximum absolute atomic E-state index is 11.7. The lowest BCUT2D eigenvalue weighted by molar-refractivity contribution is -0.138. The second-order valence-corrected chi connectivity index (χ2v) is 5.40. The summed E-state index contributed by atoms with van der Waals surface area (Å²) < 4.78 is 0. The predicted octanol–water partition coefficient (Wildman–Crippen LogP) is 3.02. The van der Waals surface area contributed by atoms with Gasteiger partial charge in [-0.15, -0.1) is 0 Å². The van der Waals surface area contributed by atoms with Crippen molar-refractivity contribution >= 4 is 29.3 Å². The Balaban J connectivity index is 2.64. The van der Waals surface area contributed by atoms with Crippen LogP contribution in [-0.4, -0.2) is 22.6 Å². The Morgan fingerprint density at radius 1 is 1.37 bits per heavy atom. The van der Waals surface area contributed by atoms with Crippen molar-refractivity contribution in [2.24, 2.45) is 0 Å². The third-order valence-electron chi connectivity index (χ3n) is 2.47. The molecule has 0 aliphatic carbocycles. The Kier molecular flexibility index (Phi) is 4.78. The Morgan fingerprint density at radius 3 is 2.53 bits per heavy atom. The van der Waals surface area contributed by atoms with Gasteiger partial charge in [0, 0.05) is 16.2 Å². The van der Waals surface area contributed by atoms with Crippen molar-refractivity contribution in [2.45, 2.75) is 32.7 Å². The molecule has 2 amide bonds. The highest BCUT2D eigenvalue weighted by molar-refractivity contribution is 6.31. The van der Waals surface area contributed by atoms with Crippen molar-refractivity contribution in [1.82, 2.24) is 5.32 Å². The van der Waals surface area contributed by atoms with E-state index in [0.717, 1.165) is 5.56 Å². The van der Waals surface area contributed by atoms with Crippen molar-refractivity contribution < 1.29 is 14.7 Å². The number of hydrogen-bond acceptors (Lipinski definition) is 2. The van der Waals surface area contributed by atoms with Crippen LogP contribution in [0, 0.1) is 6.92 Å². The van der Waals surface area contributed by atoms with Crippen molar-refractivity contribution in [3.63, 3.8) is 0 Å². The van der Waals surface area contributed by atoms with Crippen LogP contribution < -0.4 is 10.6 Å². The largest absolute Gasteiger partial charge is 0.481 e. The van der Waals surface area contributed by atoms with Crippen LogP contribution in [0.1, 0.15) is 25.8 Å². The van der Waals surface area contributed by atoms with Gasteiger partial charge in [0.1, 0.15) is 0 Å². The van der Waals surface area contributed by atoms with E-state index in [2.05, 4.69) is 10.6 Å². The van der Waals surface area contributed by atoms with Gasteiger partial charge in [-0.1, -0.05) is 17.7 Å². The van der Waals surface area contributed by atoms with Crippen molar-refractivity contribution in [1.29, 1.82) is 0 Å². The quantitative estimate of drug-likeness (QED) is 0.795. The van der Waals surface area contributed by atoms with E-state index in [-0.39, 0.29) is 6.42 Å². The van der Waals surface area contributed by atoms with E-state index in [1.807, 2.05) is 6.92 Å². The van der Waals surface area contributed by atoms with Gasteiger partial charge < -0.3 is 15.7 Å². The van der Waals surface area contributed by atoms with E-state index in [1.54, 1.807) is 32.0 Å². The maximum Gasteiger partial charge on any atom is 0.319 e. The van der Waals surface area contributed by atoms with Crippen LogP contribution >= 0.6 is 11.6 Å². The van der Waals surface area contributed by atoms with Crippen LogP contribution in [0.3, 0.4) is 0 Å². The first kappa shape index (κ1) is 15.3. The number of carbonyl (C=O) groups excluding carboxylic acids is 1. The highest BCUT2D eigenvalue weighted by Gasteiger charge is 2.23. The van der Waals surface area contributed by atoms with E-state index in [1.165, 1.54) is 0 Å². The lowest BCUT2D eigenvalue weighted by Crippen LogP contribution is -2.46. The summed E-state index contributed by atoms with van der Waals surface area (Å²) in [6, 6.07) is 4.69. The molecule has 6 heteroatoms. The Hall–Kier alpha value is -1.75. The van der Waals surface area contributed by atoms with E-state index in [4.69, 9.17) is 16.7 Å². The number of urea groups is 1. The molecule has 19 heavy (non-hydrogen) atoms. The topological polar surface area (TPSA) is 78.4 Å². The monoisotopic (exact) mass is 284 g/mol. The molecule has 1 aromatic carbocycles. The molecule has 1 aromatic rings. The van der Waals surface area contributed by atoms with Crippen LogP contribution in [0.2, 0.25) is 5.02 Å². The number of aryl methyl sites for hydroxylation is 1. The second-order valence-electron chi connectivity index (χ2n) is 5.00. The number of anilines is 1. The Labute approximate surface area is 117 Å². The highest BCUT2D eigenvalue weighted by Crippen LogP contribution is 2.20. The van der Waals surface area contributed by atoms with Gasteiger partial charge in [0.15, 0.2) is 0 Å².